The molecule has 0 spiro atoms. The van der Waals surface area contributed by atoms with Gasteiger partial charge in [-0.1, -0.05) is 18.2 Å². The SMILES string of the molecule is COCCCNC(=O)c1ccccc1NC(=O)c1cccc(N2CCCC2=O)c1. The maximum atomic E-state index is 12.8. The zero-order valence-corrected chi connectivity index (χ0v) is 16.4. The van der Waals surface area contributed by atoms with Crippen molar-refractivity contribution in [1.29, 1.82) is 0 Å². The fourth-order valence-corrected chi connectivity index (χ4v) is 3.23. The van der Waals surface area contributed by atoms with Crippen molar-refractivity contribution in [2.24, 2.45) is 0 Å². The van der Waals surface area contributed by atoms with Gasteiger partial charge in [-0.25, -0.2) is 0 Å². The number of ether oxygens (including phenoxy) is 1. The molecule has 0 saturated carbocycles. The first-order valence-electron chi connectivity index (χ1n) is 9.68. The molecule has 0 bridgehead atoms. The minimum Gasteiger partial charge on any atom is -0.385 e. The second kappa shape index (κ2) is 9.84. The molecule has 0 atom stereocenters. The van der Waals surface area contributed by atoms with Crippen molar-refractivity contribution in [3.05, 3.63) is 59.7 Å². The smallest absolute Gasteiger partial charge is 0.255 e. The number of rotatable bonds is 8. The van der Waals surface area contributed by atoms with E-state index in [-0.39, 0.29) is 17.7 Å². The molecule has 2 aromatic rings. The molecule has 0 aliphatic carbocycles. The zero-order chi connectivity index (χ0) is 20.6. The fourth-order valence-electron chi connectivity index (χ4n) is 3.23. The van der Waals surface area contributed by atoms with Crippen molar-refractivity contribution < 1.29 is 19.1 Å². The third-order valence-electron chi connectivity index (χ3n) is 4.72. The number of methoxy groups -OCH3 is 1. The molecule has 29 heavy (non-hydrogen) atoms. The summed E-state index contributed by atoms with van der Waals surface area (Å²) in [5, 5.41) is 5.63. The standard InChI is InChI=1S/C22H25N3O4/c1-29-14-6-12-23-22(28)18-9-2-3-10-19(18)24-21(27)16-7-4-8-17(15-16)25-13-5-11-20(25)26/h2-4,7-10,15H,5-6,11-14H2,1H3,(H,23,28)(H,24,27). The van der Waals surface area contributed by atoms with Crippen molar-refractivity contribution in [3.8, 4) is 0 Å². The Kier molecular flexibility index (Phi) is 6.97. The van der Waals surface area contributed by atoms with E-state index >= 15 is 0 Å². The summed E-state index contributed by atoms with van der Waals surface area (Å²) >= 11 is 0. The van der Waals surface area contributed by atoms with E-state index in [4.69, 9.17) is 4.74 Å². The van der Waals surface area contributed by atoms with Crippen LogP contribution in [0.4, 0.5) is 11.4 Å². The van der Waals surface area contributed by atoms with Gasteiger partial charge in [0.05, 0.1) is 11.3 Å². The first-order chi connectivity index (χ1) is 14.1. The monoisotopic (exact) mass is 395 g/mol. The highest BCUT2D eigenvalue weighted by Crippen LogP contribution is 2.23. The Morgan fingerprint density at radius 1 is 1.10 bits per heavy atom. The summed E-state index contributed by atoms with van der Waals surface area (Å²) in [6, 6.07) is 13.8. The van der Waals surface area contributed by atoms with Gasteiger partial charge in [0.1, 0.15) is 0 Å². The van der Waals surface area contributed by atoms with Crippen LogP contribution in [0.5, 0.6) is 0 Å². The van der Waals surface area contributed by atoms with Crippen molar-refractivity contribution in [2.45, 2.75) is 19.3 Å². The van der Waals surface area contributed by atoms with Gasteiger partial charge in [-0.2, -0.15) is 0 Å². The number of nitrogens with zero attached hydrogens (tertiary/aromatic N) is 1. The van der Waals surface area contributed by atoms with E-state index in [0.717, 1.165) is 6.42 Å². The van der Waals surface area contributed by atoms with Crippen LogP contribution in [0.3, 0.4) is 0 Å². The molecule has 1 fully saturated rings. The Hall–Kier alpha value is -3.19. The first-order valence-corrected chi connectivity index (χ1v) is 9.68. The van der Waals surface area contributed by atoms with Gasteiger partial charge in [0.15, 0.2) is 0 Å². The lowest BCUT2D eigenvalue weighted by Gasteiger charge is -2.17. The average Bonchev–Trinajstić information content (AvgIpc) is 3.17. The quantitative estimate of drug-likeness (QED) is 0.673. The number of hydrogen-bond acceptors (Lipinski definition) is 4. The van der Waals surface area contributed by atoms with Crippen LogP contribution in [0.15, 0.2) is 48.5 Å². The normalized spacial score (nSPS) is 13.4. The lowest BCUT2D eigenvalue weighted by Crippen LogP contribution is -2.27. The van der Waals surface area contributed by atoms with Crippen LogP contribution in [0, 0.1) is 0 Å². The lowest BCUT2D eigenvalue weighted by molar-refractivity contribution is -0.117. The average molecular weight is 395 g/mol. The summed E-state index contributed by atoms with van der Waals surface area (Å²) in [6.45, 7) is 1.71. The van der Waals surface area contributed by atoms with Gasteiger partial charge < -0.3 is 20.3 Å². The molecule has 152 valence electrons. The number of hydrogen-bond donors (Lipinski definition) is 2. The maximum Gasteiger partial charge on any atom is 0.255 e. The van der Waals surface area contributed by atoms with E-state index in [9.17, 15) is 14.4 Å². The van der Waals surface area contributed by atoms with E-state index < -0.39 is 0 Å². The Labute approximate surface area is 170 Å². The Bertz CT molecular complexity index is 897. The van der Waals surface area contributed by atoms with E-state index in [0.29, 0.717) is 55.0 Å². The summed E-state index contributed by atoms with van der Waals surface area (Å²) < 4.78 is 4.98. The van der Waals surface area contributed by atoms with Crippen molar-refractivity contribution in [1.82, 2.24) is 5.32 Å². The molecule has 7 heteroatoms. The van der Waals surface area contributed by atoms with Crippen LogP contribution in [0.2, 0.25) is 0 Å². The van der Waals surface area contributed by atoms with Crippen LogP contribution in [-0.4, -0.2) is 44.5 Å². The molecule has 7 nitrogen and oxygen atoms in total. The van der Waals surface area contributed by atoms with Crippen LogP contribution >= 0.6 is 0 Å². The molecule has 1 aliphatic rings. The molecule has 1 heterocycles. The predicted molar refractivity (Wildman–Crippen MR) is 111 cm³/mol. The zero-order valence-electron chi connectivity index (χ0n) is 16.4. The van der Waals surface area contributed by atoms with E-state index in [1.54, 1.807) is 54.5 Å². The largest absolute Gasteiger partial charge is 0.385 e. The third-order valence-corrected chi connectivity index (χ3v) is 4.72. The van der Waals surface area contributed by atoms with E-state index in [2.05, 4.69) is 10.6 Å². The van der Waals surface area contributed by atoms with Gasteiger partial charge in [-0.3, -0.25) is 14.4 Å². The molecule has 3 amide bonds. The van der Waals surface area contributed by atoms with Gasteiger partial charge in [-0.05, 0) is 43.2 Å². The lowest BCUT2D eigenvalue weighted by atomic mass is 10.1. The molecule has 3 rings (SSSR count). The Morgan fingerprint density at radius 3 is 2.69 bits per heavy atom. The Morgan fingerprint density at radius 2 is 1.93 bits per heavy atom. The van der Waals surface area contributed by atoms with E-state index in [1.807, 2.05) is 6.07 Å². The molecule has 1 aliphatic heterocycles. The van der Waals surface area contributed by atoms with E-state index in [1.165, 1.54) is 0 Å². The highest BCUT2D eigenvalue weighted by Gasteiger charge is 2.22. The Balaban J connectivity index is 1.71. The van der Waals surface area contributed by atoms with Gasteiger partial charge in [0.2, 0.25) is 5.91 Å². The van der Waals surface area contributed by atoms with Gasteiger partial charge in [0, 0.05) is 44.5 Å². The number of amides is 3. The molecule has 0 unspecified atom stereocenters. The predicted octanol–water partition coefficient (Wildman–Crippen LogP) is 2.83. The number of nitrogens with one attached hydrogen (secondary N) is 2. The number of benzene rings is 2. The topological polar surface area (TPSA) is 87.7 Å². The second-order valence-corrected chi connectivity index (χ2v) is 6.80. The summed E-state index contributed by atoms with van der Waals surface area (Å²) in [5.74, 6) is -0.524. The van der Waals surface area contributed by atoms with Crippen LogP contribution < -0.4 is 15.5 Å². The van der Waals surface area contributed by atoms with Crippen molar-refractivity contribution in [2.75, 3.05) is 37.0 Å². The molecule has 0 aromatic heterocycles. The molecular formula is C22H25N3O4. The van der Waals surface area contributed by atoms with Crippen LogP contribution in [0.1, 0.15) is 40.0 Å². The molecule has 2 N–H and O–H groups in total. The minimum absolute atomic E-state index is 0.0676. The first kappa shape index (κ1) is 20.5. The maximum absolute atomic E-state index is 12.8. The summed E-state index contributed by atoms with van der Waals surface area (Å²) in [5.41, 5.74) is 1.97. The highest BCUT2D eigenvalue weighted by molar-refractivity contribution is 6.09. The van der Waals surface area contributed by atoms with Crippen LogP contribution in [0.25, 0.3) is 0 Å². The molecular weight excluding hydrogens is 370 g/mol. The number of anilines is 2. The summed E-state index contributed by atoms with van der Waals surface area (Å²) in [4.78, 5) is 38.9. The number of para-hydroxylation sites is 1. The van der Waals surface area contributed by atoms with Gasteiger partial charge in [-0.15, -0.1) is 0 Å². The molecule has 2 aromatic carbocycles. The van der Waals surface area contributed by atoms with Crippen LogP contribution in [-0.2, 0) is 9.53 Å². The van der Waals surface area contributed by atoms with Crippen molar-refractivity contribution >= 4 is 29.1 Å². The molecule has 0 radical (unpaired) electrons. The summed E-state index contributed by atoms with van der Waals surface area (Å²) in [7, 11) is 1.61. The number of carbonyl (C=O) groups excluding carboxylic acids is 3. The minimum atomic E-state index is -0.335. The second-order valence-electron chi connectivity index (χ2n) is 6.80. The third kappa shape index (κ3) is 5.20. The van der Waals surface area contributed by atoms with Crippen molar-refractivity contribution in [3.63, 3.8) is 0 Å². The molecule has 1 saturated heterocycles. The van der Waals surface area contributed by atoms with Gasteiger partial charge in [0.25, 0.3) is 11.8 Å². The fraction of sp³-hybridized carbons (Fsp3) is 0.318. The van der Waals surface area contributed by atoms with Gasteiger partial charge >= 0.3 is 0 Å². The highest BCUT2D eigenvalue weighted by atomic mass is 16.5. The summed E-state index contributed by atoms with van der Waals surface area (Å²) in [6.07, 6.45) is 2.06. The number of carbonyl (C=O) groups is 3.